The summed E-state index contributed by atoms with van der Waals surface area (Å²) in [5.41, 5.74) is 1.18. The summed E-state index contributed by atoms with van der Waals surface area (Å²) >= 11 is 6.20. The van der Waals surface area contributed by atoms with Gasteiger partial charge in [-0.25, -0.2) is 0 Å². The van der Waals surface area contributed by atoms with Gasteiger partial charge in [0.1, 0.15) is 5.75 Å². The van der Waals surface area contributed by atoms with Gasteiger partial charge in [0.25, 0.3) is 0 Å². The summed E-state index contributed by atoms with van der Waals surface area (Å²) in [5, 5.41) is 4.16. The fourth-order valence-corrected chi connectivity index (χ4v) is 2.63. The van der Waals surface area contributed by atoms with Gasteiger partial charge in [-0.3, -0.25) is 4.90 Å². The van der Waals surface area contributed by atoms with E-state index in [4.69, 9.17) is 16.3 Å². The van der Waals surface area contributed by atoms with E-state index < -0.39 is 0 Å². The van der Waals surface area contributed by atoms with E-state index in [9.17, 15) is 0 Å². The molecule has 18 heavy (non-hydrogen) atoms. The highest BCUT2D eigenvalue weighted by molar-refractivity contribution is 6.32. The number of rotatable bonds is 4. The van der Waals surface area contributed by atoms with Crippen molar-refractivity contribution in [3.8, 4) is 5.75 Å². The third-order valence-electron chi connectivity index (χ3n) is 3.18. The van der Waals surface area contributed by atoms with Crippen molar-refractivity contribution in [1.29, 1.82) is 0 Å². The smallest absolute Gasteiger partial charge is 0.142 e. The maximum atomic E-state index is 6.20. The van der Waals surface area contributed by atoms with Gasteiger partial charge >= 0.3 is 0 Å². The van der Waals surface area contributed by atoms with Crippen molar-refractivity contribution in [1.82, 2.24) is 10.2 Å². The molecule has 0 radical (unpaired) electrons. The van der Waals surface area contributed by atoms with Crippen molar-refractivity contribution < 1.29 is 4.74 Å². The maximum Gasteiger partial charge on any atom is 0.142 e. The molecule has 1 atom stereocenters. The molecule has 3 nitrogen and oxygen atoms in total. The first-order valence-electron chi connectivity index (χ1n) is 6.56. The van der Waals surface area contributed by atoms with Gasteiger partial charge in [0.15, 0.2) is 0 Å². The molecular formula is C14H21ClN2O. The van der Waals surface area contributed by atoms with Crippen LogP contribution in [-0.2, 0) is 6.54 Å². The van der Waals surface area contributed by atoms with Crippen LogP contribution in [0.1, 0.15) is 19.4 Å². The third kappa shape index (κ3) is 3.37. The number of nitrogens with one attached hydrogen (secondary N) is 1. The summed E-state index contributed by atoms with van der Waals surface area (Å²) in [7, 11) is 0. The van der Waals surface area contributed by atoms with Crippen LogP contribution in [0.25, 0.3) is 0 Å². The zero-order valence-electron chi connectivity index (χ0n) is 11.1. The summed E-state index contributed by atoms with van der Waals surface area (Å²) in [6.45, 7) is 8.94. The molecule has 0 amide bonds. The first-order chi connectivity index (χ1) is 8.70. The van der Waals surface area contributed by atoms with Crippen LogP contribution in [0.15, 0.2) is 18.2 Å². The Balaban J connectivity index is 2.10. The van der Waals surface area contributed by atoms with Gasteiger partial charge in [-0.05, 0) is 19.9 Å². The van der Waals surface area contributed by atoms with E-state index in [-0.39, 0.29) is 0 Å². The van der Waals surface area contributed by atoms with E-state index in [0.717, 1.165) is 31.9 Å². The number of halogens is 1. The van der Waals surface area contributed by atoms with Crippen molar-refractivity contribution in [3.63, 3.8) is 0 Å². The lowest BCUT2D eigenvalue weighted by atomic mass is 10.1. The lowest BCUT2D eigenvalue weighted by molar-refractivity contribution is 0.196. The van der Waals surface area contributed by atoms with Crippen LogP contribution in [0.4, 0.5) is 0 Å². The molecule has 2 rings (SSSR count). The summed E-state index contributed by atoms with van der Waals surface area (Å²) < 4.78 is 5.66. The lowest BCUT2D eigenvalue weighted by Crippen LogP contribution is -2.48. The molecule has 1 heterocycles. The number of para-hydroxylation sites is 1. The fraction of sp³-hybridized carbons (Fsp3) is 0.571. The average molecular weight is 269 g/mol. The number of hydrogen-bond acceptors (Lipinski definition) is 3. The highest BCUT2D eigenvalue weighted by Gasteiger charge is 2.17. The molecule has 0 aliphatic carbocycles. The van der Waals surface area contributed by atoms with Crippen molar-refractivity contribution >= 4 is 11.6 Å². The van der Waals surface area contributed by atoms with Gasteiger partial charge in [-0.15, -0.1) is 0 Å². The summed E-state index contributed by atoms with van der Waals surface area (Å²) in [6.07, 6.45) is 0. The van der Waals surface area contributed by atoms with Gasteiger partial charge in [0.05, 0.1) is 11.6 Å². The predicted molar refractivity (Wildman–Crippen MR) is 75.4 cm³/mol. The van der Waals surface area contributed by atoms with Crippen molar-refractivity contribution in [3.05, 3.63) is 28.8 Å². The van der Waals surface area contributed by atoms with Crippen molar-refractivity contribution in [2.75, 3.05) is 26.2 Å². The minimum absolute atomic E-state index is 0.550. The van der Waals surface area contributed by atoms with Crippen LogP contribution in [-0.4, -0.2) is 37.2 Å². The predicted octanol–water partition coefficient (Wildman–Crippen LogP) is 2.53. The van der Waals surface area contributed by atoms with Crippen LogP contribution in [0.3, 0.4) is 0 Å². The molecule has 1 fully saturated rings. The molecule has 1 aliphatic heterocycles. The quantitative estimate of drug-likeness (QED) is 0.908. The van der Waals surface area contributed by atoms with Crippen LogP contribution < -0.4 is 10.1 Å². The highest BCUT2D eigenvalue weighted by atomic mass is 35.5. The topological polar surface area (TPSA) is 24.5 Å². The van der Waals surface area contributed by atoms with Crippen LogP contribution in [0.5, 0.6) is 5.75 Å². The Morgan fingerprint density at radius 2 is 2.33 bits per heavy atom. The van der Waals surface area contributed by atoms with E-state index in [2.05, 4.69) is 23.2 Å². The second kappa shape index (κ2) is 6.41. The molecular weight excluding hydrogens is 248 g/mol. The number of ether oxygens (including phenoxy) is 1. The Bertz CT molecular complexity index is 397. The molecule has 1 N–H and O–H groups in total. The van der Waals surface area contributed by atoms with E-state index in [0.29, 0.717) is 17.7 Å². The van der Waals surface area contributed by atoms with E-state index in [1.807, 2.05) is 19.1 Å². The number of nitrogens with zero attached hydrogens (tertiary/aromatic N) is 1. The number of benzene rings is 1. The molecule has 1 aromatic carbocycles. The van der Waals surface area contributed by atoms with E-state index in [1.54, 1.807) is 0 Å². The largest absolute Gasteiger partial charge is 0.492 e. The molecule has 0 aromatic heterocycles. The van der Waals surface area contributed by atoms with Crippen LogP contribution in [0, 0.1) is 0 Å². The van der Waals surface area contributed by atoms with Gasteiger partial charge in [-0.2, -0.15) is 0 Å². The SMILES string of the molecule is CCOc1c(Cl)cccc1CN1CCNC(C)C1. The number of piperazine rings is 1. The molecule has 0 bridgehead atoms. The fourth-order valence-electron chi connectivity index (χ4n) is 2.38. The lowest BCUT2D eigenvalue weighted by Gasteiger charge is -2.32. The maximum absolute atomic E-state index is 6.20. The summed E-state index contributed by atoms with van der Waals surface area (Å²) in [4.78, 5) is 2.44. The standard InChI is InChI=1S/C14H21ClN2O/c1-3-18-14-12(5-4-6-13(14)15)10-17-8-7-16-11(2)9-17/h4-6,11,16H,3,7-10H2,1-2H3. The summed E-state index contributed by atoms with van der Waals surface area (Å²) in [5.74, 6) is 0.841. The Morgan fingerprint density at radius 3 is 3.06 bits per heavy atom. The molecule has 100 valence electrons. The Kier molecular flexibility index (Phi) is 4.87. The molecule has 0 spiro atoms. The monoisotopic (exact) mass is 268 g/mol. The van der Waals surface area contributed by atoms with Gasteiger partial charge < -0.3 is 10.1 Å². The summed E-state index contributed by atoms with van der Waals surface area (Å²) in [6, 6.07) is 6.53. The minimum Gasteiger partial charge on any atom is -0.492 e. The van der Waals surface area contributed by atoms with Crippen molar-refractivity contribution in [2.45, 2.75) is 26.4 Å². The molecule has 1 aromatic rings. The van der Waals surface area contributed by atoms with Gasteiger partial charge in [0.2, 0.25) is 0 Å². The Hall–Kier alpha value is -0.770. The Morgan fingerprint density at radius 1 is 1.50 bits per heavy atom. The number of hydrogen-bond donors (Lipinski definition) is 1. The van der Waals surface area contributed by atoms with Crippen molar-refractivity contribution in [2.24, 2.45) is 0 Å². The Labute approximate surface area is 114 Å². The van der Waals surface area contributed by atoms with E-state index in [1.165, 1.54) is 5.56 Å². The average Bonchev–Trinajstić information content (AvgIpc) is 2.34. The zero-order chi connectivity index (χ0) is 13.0. The van der Waals surface area contributed by atoms with Crippen LogP contribution >= 0.6 is 11.6 Å². The molecule has 1 unspecified atom stereocenters. The molecule has 1 aliphatic rings. The molecule has 4 heteroatoms. The first kappa shape index (κ1) is 13.7. The third-order valence-corrected chi connectivity index (χ3v) is 3.48. The normalized spacial score (nSPS) is 20.9. The second-order valence-corrected chi connectivity index (χ2v) is 5.16. The van der Waals surface area contributed by atoms with Gasteiger partial charge in [0, 0.05) is 37.8 Å². The zero-order valence-corrected chi connectivity index (χ0v) is 11.8. The molecule has 0 saturated carbocycles. The second-order valence-electron chi connectivity index (χ2n) is 4.75. The molecule has 1 saturated heterocycles. The highest BCUT2D eigenvalue weighted by Crippen LogP contribution is 2.29. The first-order valence-corrected chi connectivity index (χ1v) is 6.94. The van der Waals surface area contributed by atoms with E-state index >= 15 is 0 Å². The van der Waals surface area contributed by atoms with Crippen LogP contribution in [0.2, 0.25) is 5.02 Å². The minimum atomic E-state index is 0.550. The van der Waals surface area contributed by atoms with Gasteiger partial charge in [-0.1, -0.05) is 23.7 Å².